The molecule has 3 rings (SSSR count). The molecule has 5 heteroatoms. The molecule has 0 spiro atoms. The number of rotatable bonds is 7. The molecule has 1 amide bonds. The highest BCUT2D eigenvalue weighted by Crippen LogP contribution is 2.26. The Bertz CT molecular complexity index is 831. The molecular weight excluding hydrogens is 380 g/mol. The van der Waals surface area contributed by atoms with Gasteiger partial charge in [-0.05, 0) is 48.6 Å². The van der Waals surface area contributed by atoms with Crippen LogP contribution in [0.4, 0.5) is 5.69 Å². The Kier molecular flexibility index (Phi) is 7.62. The summed E-state index contributed by atoms with van der Waals surface area (Å²) in [7, 11) is 0. The number of ether oxygens (including phenoxy) is 1. The van der Waals surface area contributed by atoms with E-state index in [1.807, 2.05) is 43.0 Å². The first kappa shape index (κ1) is 21.7. The van der Waals surface area contributed by atoms with Crippen molar-refractivity contribution in [1.82, 2.24) is 4.90 Å². The second-order valence-corrected chi connectivity index (χ2v) is 9.20. The molecule has 1 aliphatic rings. The van der Waals surface area contributed by atoms with Crippen LogP contribution in [-0.2, 0) is 11.3 Å². The minimum atomic E-state index is -0.574. The van der Waals surface area contributed by atoms with Gasteiger partial charge in [0.1, 0.15) is 5.75 Å². The van der Waals surface area contributed by atoms with Gasteiger partial charge in [0.25, 0.3) is 5.91 Å². The lowest BCUT2D eigenvalue weighted by atomic mass is 10.0. The summed E-state index contributed by atoms with van der Waals surface area (Å²) in [6.45, 7) is 11.2. The van der Waals surface area contributed by atoms with Gasteiger partial charge in [-0.1, -0.05) is 44.2 Å². The van der Waals surface area contributed by atoms with E-state index in [1.165, 1.54) is 17.1 Å². The van der Waals surface area contributed by atoms with Gasteiger partial charge in [0.2, 0.25) is 0 Å². The fourth-order valence-electron chi connectivity index (χ4n) is 3.36. The minimum Gasteiger partial charge on any atom is -0.481 e. The molecule has 1 unspecified atom stereocenters. The Morgan fingerprint density at radius 2 is 1.86 bits per heavy atom. The molecule has 1 heterocycles. The average molecular weight is 413 g/mol. The van der Waals surface area contributed by atoms with Crippen LogP contribution >= 0.6 is 11.8 Å². The van der Waals surface area contributed by atoms with E-state index in [4.69, 9.17) is 4.74 Å². The van der Waals surface area contributed by atoms with Gasteiger partial charge >= 0.3 is 0 Å². The van der Waals surface area contributed by atoms with Crippen LogP contribution in [0, 0.1) is 6.92 Å². The molecule has 2 aromatic carbocycles. The fraction of sp³-hybridized carbons (Fsp3) is 0.458. The Balaban J connectivity index is 1.66. The van der Waals surface area contributed by atoms with E-state index < -0.39 is 6.10 Å². The number of hydrogen-bond acceptors (Lipinski definition) is 4. The van der Waals surface area contributed by atoms with Gasteiger partial charge in [0, 0.05) is 36.8 Å². The molecule has 0 aliphatic carbocycles. The summed E-state index contributed by atoms with van der Waals surface area (Å²) in [5.74, 6) is 3.42. The number of carbonyl (C=O) groups is 1. The van der Waals surface area contributed by atoms with E-state index in [-0.39, 0.29) is 5.91 Å². The van der Waals surface area contributed by atoms with Crippen LogP contribution in [0.15, 0.2) is 42.5 Å². The van der Waals surface area contributed by atoms with Crippen LogP contribution < -0.4 is 10.1 Å². The monoisotopic (exact) mass is 412 g/mol. The van der Waals surface area contributed by atoms with Crippen molar-refractivity contribution in [3.05, 3.63) is 59.2 Å². The molecule has 4 nitrogen and oxygen atoms in total. The van der Waals surface area contributed by atoms with Crippen LogP contribution in [0.25, 0.3) is 0 Å². The standard InChI is InChI=1S/C24H32N2O2S/c1-17(2)20-10-9-18(3)23(15-20)28-19(4)24(27)25-22-8-6-5-7-21(22)16-26-11-13-29-14-12-26/h5-10,15,17,19H,11-14,16H2,1-4H3,(H,25,27). The van der Waals surface area contributed by atoms with Gasteiger partial charge in [0.15, 0.2) is 6.10 Å². The summed E-state index contributed by atoms with van der Waals surface area (Å²) in [6.07, 6.45) is -0.574. The first-order valence-electron chi connectivity index (χ1n) is 10.4. The van der Waals surface area contributed by atoms with Crippen molar-refractivity contribution in [2.24, 2.45) is 0 Å². The van der Waals surface area contributed by atoms with Gasteiger partial charge in [-0.3, -0.25) is 9.69 Å². The first-order valence-corrected chi connectivity index (χ1v) is 11.6. The minimum absolute atomic E-state index is 0.124. The van der Waals surface area contributed by atoms with Crippen LogP contribution in [-0.4, -0.2) is 41.5 Å². The molecule has 1 N–H and O–H groups in total. The number of amides is 1. The summed E-state index contributed by atoms with van der Waals surface area (Å²) >= 11 is 2.00. The molecule has 0 bridgehead atoms. The van der Waals surface area contributed by atoms with Crippen LogP contribution in [0.2, 0.25) is 0 Å². The van der Waals surface area contributed by atoms with Gasteiger partial charge in [-0.15, -0.1) is 0 Å². The Hall–Kier alpha value is -1.98. The van der Waals surface area contributed by atoms with Crippen molar-refractivity contribution < 1.29 is 9.53 Å². The van der Waals surface area contributed by atoms with Crippen molar-refractivity contribution >= 4 is 23.4 Å². The number of benzene rings is 2. The van der Waals surface area contributed by atoms with Gasteiger partial charge < -0.3 is 10.1 Å². The molecule has 0 aromatic heterocycles. The fourth-order valence-corrected chi connectivity index (χ4v) is 4.34. The zero-order chi connectivity index (χ0) is 20.8. The third-order valence-electron chi connectivity index (χ3n) is 5.32. The van der Waals surface area contributed by atoms with Gasteiger partial charge in [-0.25, -0.2) is 0 Å². The van der Waals surface area contributed by atoms with Gasteiger partial charge in [-0.2, -0.15) is 11.8 Å². The Labute approximate surface area is 179 Å². The lowest BCUT2D eigenvalue weighted by molar-refractivity contribution is -0.122. The molecule has 29 heavy (non-hydrogen) atoms. The maximum Gasteiger partial charge on any atom is 0.265 e. The second kappa shape index (κ2) is 10.2. The summed E-state index contributed by atoms with van der Waals surface area (Å²) in [6, 6.07) is 14.3. The van der Waals surface area contributed by atoms with E-state index in [1.54, 1.807) is 6.92 Å². The molecule has 2 aromatic rings. The summed E-state index contributed by atoms with van der Waals surface area (Å²) in [4.78, 5) is 15.3. The molecule has 1 aliphatic heterocycles. The number of anilines is 1. The van der Waals surface area contributed by atoms with E-state index in [0.717, 1.165) is 42.2 Å². The number of para-hydroxylation sites is 1. The van der Waals surface area contributed by atoms with Crippen molar-refractivity contribution in [3.8, 4) is 5.75 Å². The van der Waals surface area contributed by atoms with E-state index in [2.05, 4.69) is 42.3 Å². The highest BCUT2D eigenvalue weighted by molar-refractivity contribution is 7.99. The number of aryl methyl sites for hydroxylation is 1. The van der Waals surface area contributed by atoms with Crippen molar-refractivity contribution in [2.45, 2.75) is 46.3 Å². The third kappa shape index (κ3) is 6.00. The Morgan fingerprint density at radius 3 is 2.59 bits per heavy atom. The van der Waals surface area contributed by atoms with E-state index in [9.17, 15) is 4.79 Å². The zero-order valence-electron chi connectivity index (χ0n) is 17.9. The van der Waals surface area contributed by atoms with Crippen molar-refractivity contribution in [3.63, 3.8) is 0 Å². The number of carbonyl (C=O) groups excluding carboxylic acids is 1. The van der Waals surface area contributed by atoms with Crippen molar-refractivity contribution in [1.29, 1.82) is 0 Å². The predicted molar refractivity (Wildman–Crippen MR) is 123 cm³/mol. The van der Waals surface area contributed by atoms with Crippen molar-refractivity contribution in [2.75, 3.05) is 29.9 Å². The molecular formula is C24H32N2O2S. The summed E-state index contributed by atoms with van der Waals surface area (Å²) < 4.78 is 6.03. The van der Waals surface area contributed by atoms with E-state index in [0.29, 0.717) is 5.92 Å². The summed E-state index contributed by atoms with van der Waals surface area (Å²) in [5, 5.41) is 3.08. The second-order valence-electron chi connectivity index (χ2n) is 7.97. The third-order valence-corrected chi connectivity index (χ3v) is 6.27. The zero-order valence-corrected chi connectivity index (χ0v) is 18.7. The Morgan fingerprint density at radius 1 is 1.14 bits per heavy atom. The van der Waals surface area contributed by atoms with Crippen LogP contribution in [0.5, 0.6) is 5.75 Å². The quantitative estimate of drug-likeness (QED) is 0.689. The number of nitrogens with zero attached hydrogens (tertiary/aromatic N) is 1. The molecule has 1 atom stereocenters. The predicted octanol–water partition coefficient (Wildman–Crippen LogP) is 5.07. The maximum absolute atomic E-state index is 12.8. The maximum atomic E-state index is 12.8. The summed E-state index contributed by atoms with van der Waals surface area (Å²) in [5.41, 5.74) is 4.28. The SMILES string of the molecule is Cc1ccc(C(C)C)cc1OC(C)C(=O)Nc1ccccc1CN1CCSCC1. The smallest absolute Gasteiger partial charge is 0.265 e. The first-order chi connectivity index (χ1) is 13.9. The number of thioether (sulfide) groups is 1. The van der Waals surface area contributed by atoms with Crippen LogP contribution in [0.3, 0.4) is 0 Å². The molecule has 1 fully saturated rings. The van der Waals surface area contributed by atoms with E-state index >= 15 is 0 Å². The normalized spacial score (nSPS) is 15.9. The number of hydrogen-bond donors (Lipinski definition) is 1. The molecule has 0 saturated carbocycles. The molecule has 156 valence electrons. The lowest BCUT2D eigenvalue weighted by Crippen LogP contribution is -2.33. The average Bonchev–Trinajstić information content (AvgIpc) is 2.71. The lowest BCUT2D eigenvalue weighted by Gasteiger charge is -2.27. The highest BCUT2D eigenvalue weighted by Gasteiger charge is 2.19. The topological polar surface area (TPSA) is 41.6 Å². The highest BCUT2D eigenvalue weighted by atomic mass is 32.2. The molecule has 0 radical (unpaired) electrons. The van der Waals surface area contributed by atoms with Crippen LogP contribution in [0.1, 0.15) is 43.4 Å². The largest absolute Gasteiger partial charge is 0.481 e. The van der Waals surface area contributed by atoms with Gasteiger partial charge in [0.05, 0.1) is 0 Å². The molecule has 1 saturated heterocycles. The number of nitrogens with one attached hydrogen (secondary N) is 1.